The molecular weight excluding hydrogens is 271 g/mol. The van der Waals surface area contributed by atoms with Gasteiger partial charge in [0, 0.05) is 6.54 Å². The fraction of sp³-hybridized carbons (Fsp3) is 0.0833. The summed E-state index contributed by atoms with van der Waals surface area (Å²) in [6.07, 6.45) is 2.97. The Hall–Kier alpha value is -2.64. The van der Waals surface area contributed by atoms with Crippen molar-refractivity contribution in [1.82, 2.24) is 15.2 Å². The van der Waals surface area contributed by atoms with Gasteiger partial charge in [-0.15, -0.1) is 11.7 Å². The first-order valence-electron chi connectivity index (χ1n) is 5.57. The van der Waals surface area contributed by atoms with Crippen LogP contribution in [0.25, 0.3) is 0 Å². The number of aromatic nitrogens is 3. The van der Waals surface area contributed by atoms with Gasteiger partial charge in [0.05, 0.1) is 11.9 Å². The van der Waals surface area contributed by atoms with Crippen LogP contribution in [0.2, 0.25) is 0 Å². The zero-order chi connectivity index (χ0) is 14.5. The average molecular weight is 281 g/mol. The molecule has 0 spiro atoms. The number of hydrogen-bond donors (Lipinski definition) is 2. The molecule has 8 heteroatoms. The highest BCUT2D eigenvalue weighted by molar-refractivity contribution is 5.55. The van der Waals surface area contributed by atoms with Gasteiger partial charge in [-0.3, -0.25) is 0 Å². The van der Waals surface area contributed by atoms with Crippen molar-refractivity contribution in [2.75, 3.05) is 17.2 Å². The van der Waals surface area contributed by atoms with E-state index >= 15 is 0 Å². The molecule has 0 amide bonds. The topological polar surface area (TPSA) is 62.7 Å². The van der Waals surface area contributed by atoms with Gasteiger partial charge in [-0.1, -0.05) is 6.08 Å². The Balaban J connectivity index is 2.22. The Morgan fingerprint density at radius 1 is 1.20 bits per heavy atom. The van der Waals surface area contributed by atoms with Crippen LogP contribution in [0.4, 0.5) is 30.6 Å². The molecular formula is C12H10F3N5. The predicted octanol–water partition coefficient (Wildman–Crippen LogP) is 2.63. The van der Waals surface area contributed by atoms with E-state index in [0.29, 0.717) is 12.4 Å². The van der Waals surface area contributed by atoms with Gasteiger partial charge in [-0.05, 0) is 12.1 Å². The number of benzene rings is 1. The fourth-order valence-corrected chi connectivity index (χ4v) is 1.36. The molecule has 0 unspecified atom stereocenters. The maximum Gasteiger partial charge on any atom is 0.249 e. The summed E-state index contributed by atoms with van der Waals surface area (Å²) in [4.78, 5) is 3.97. The number of rotatable bonds is 5. The maximum atomic E-state index is 13.5. The lowest BCUT2D eigenvalue weighted by molar-refractivity contribution is 0.449. The number of halogens is 3. The lowest BCUT2D eigenvalue weighted by atomic mass is 10.3. The summed E-state index contributed by atoms with van der Waals surface area (Å²) in [5.74, 6) is -3.86. The summed E-state index contributed by atoms with van der Waals surface area (Å²) in [6, 6.07) is 1.84. The van der Waals surface area contributed by atoms with E-state index in [1.54, 1.807) is 6.08 Å². The van der Waals surface area contributed by atoms with Gasteiger partial charge in [0.2, 0.25) is 5.95 Å². The predicted molar refractivity (Wildman–Crippen MR) is 68.1 cm³/mol. The molecule has 0 fully saturated rings. The quantitative estimate of drug-likeness (QED) is 0.651. The molecule has 2 rings (SSSR count). The van der Waals surface area contributed by atoms with Crippen LogP contribution >= 0.6 is 0 Å². The first-order valence-corrected chi connectivity index (χ1v) is 5.57. The Labute approximate surface area is 112 Å². The van der Waals surface area contributed by atoms with Crippen molar-refractivity contribution in [3.63, 3.8) is 0 Å². The minimum Gasteiger partial charge on any atom is -0.365 e. The molecule has 1 aromatic heterocycles. The Morgan fingerprint density at radius 2 is 2.00 bits per heavy atom. The van der Waals surface area contributed by atoms with Crippen molar-refractivity contribution in [1.29, 1.82) is 0 Å². The van der Waals surface area contributed by atoms with Crippen LogP contribution in [0.1, 0.15) is 0 Å². The molecule has 0 radical (unpaired) electrons. The van der Waals surface area contributed by atoms with Crippen LogP contribution in [-0.4, -0.2) is 21.7 Å². The van der Waals surface area contributed by atoms with Gasteiger partial charge in [0.25, 0.3) is 0 Å². The second-order valence-corrected chi connectivity index (χ2v) is 3.68. The molecule has 104 valence electrons. The van der Waals surface area contributed by atoms with Crippen LogP contribution in [0, 0.1) is 17.5 Å². The van der Waals surface area contributed by atoms with Crippen molar-refractivity contribution >= 4 is 17.5 Å². The third kappa shape index (κ3) is 3.02. The van der Waals surface area contributed by atoms with Crippen LogP contribution < -0.4 is 10.6 Å². The second kappa shape index (κ2) is 6.00. The van der Waals surface area contributed by atoms with E-state index in [2.05, 4.69) is 32.4 Å². The highest BCUT2D eigenvalue weighted by atomic mass is 19.2. The normalized spacial score (nSPS) is 10.2. The van der Waals surface area contributed by atoms with Crippen molar-refractivity contribution < 1.29 is 13.2 Å². The maximum absolute atomic E-state index is 13.5. The molecule has 0 aliphatic heterocycles. The summed E-state index contributed by atoms with van der Waals surface area (Å²) < 4.78 is 39.3. The van der Waals surface area contributed by atoms with Gasteiger partial charge in [-0.2, -0.15) is 10.1 Å². The van der Waals surface area contributed by atoms with Crippen molar-refractivity contribution in [3.8, 4) is 0 Å². The van der Waals surface area contributed by atoms with Crippen LogP contribution in [0.3, 0.4) is 0 Å². The van der Waals surface area contributed by atoms with E-state index in [4.69, 9.17) is 0 Å². The van der Waals surface area contributed by atoms with E-state index in [1.165, 1.54) is 6.20 Å². The van der Waals surface area contributed by atoms with Gasteiger partial charge in [0.1, 0.15) is 0 Å². The molecule has 0 saturated heterocycles. The molecule has 2 N–H and O–H groups in total. The molecule has 20 heavy (non-hydrogen) atoms. The lowest BCUT2D eigenvalue weighted by Gasteiger charge is -2.07. The van der Waals surface area contributed by atoms with E-state index in [9.17, 15) is 13.2 Å². The average Bonchev–Trinajstić information content (AvgIpc) is 2.46. The molecule has 0 saturated carbocycles. The zero-order valence-corrected chi connectivity index (χ0v) is 10.2. The van der Waals surface area contributed by atoms with E-state index in [1.807, 2.05) is 0 Å². The van der Waals surface area contributed by atoms with Crippen LogP contribution in [-0.2, 0) is 0 Å². The number of nitrogens with one attached hydrogen (secondary N) is 2. The molecule has 0 aliphatic rings. The largest absolute Gasteiger partial charge is 0.365 e. The summed E-state index contributed by atoms with van der Waals surface area (Å²) in [7, 11) is 0. The van der Waals surface area contributed by atoms with E-state index < -0.39 is 17.5 Å². The molecule has 0 aliphatic carbocycles. The first-order chi connectivity index (χ1) is 9.61. The molecule has 2 aromatic rings. The number of anilines is 3. The Morgan fingerprint density at radius 3 is 2.75 bits per heavy atom. The number of hydrogen-bond acceptors (Lipinski definition) is 5. The Bertz CT molecular complexity index is 632. The smallest absolute Gasteiger partial charge is 0.249 e. The standard InChI is InChI=1S/C12H10F3N5/c1-2-5-16-9-6-17-20-12(19-9)18-8-4-3-7(13)10(14)11(8)15/h2-4,6H,1,5H2,(H2,16,18,19,20). The van der Waals surface area contributed by atoms with Crippen molar-refractivity contribution in [2.24, 2.45) is 0 Å². The molecule has 0 atom stereocenters. The first kappa shape index (κ1) is 13.8. The fourth-order valence-electron chi connectivity index (χ4n) is 1.36. The summed E-state index contributed by atoms with van der Waals surface area (Å²) in [5, 5.41) is 12.5. The van der Waals surface area contributed by atoms with Crippen molar-refractivity contribution in [2.45, 2.75) is 0 Å². The van der Waals surface area contributed by atoms with Gasteiger partial charge >= 0.3 is 0 Å². The SMILES string of the molecule is C=CCNc1cnnc(Nc2ccc(F)c(F)c2F)n1. The highest BCUT2D eigenvalue weighted by Gasteiger charge is 2.14. The summed E-state index contributed by atoms with van der Waals surface area (Å²) >= 11 is 0. The van der Waals surface area contributed by atoms with E-state index in [-0.39, 0.29) is 11.6 Å². The third-order valence-electron chi connectivity index (χ3n) is 2.27. The molecule has 5 nitrogen and oxygen atoms in total. The zero-order valence-electron chi connectivity index (χ0n) is 10.2. The second-order valence-electron chi connectivity index (χ2n) is 3.68. The third-order valence-corrected chi connectivity index (χ3v) is 2.27. The van der Waals surface area contributed by atoms with Gasteiger partial charge < -0.3 is 10.6 Å². The van der Waals surface area contributed by atoms with Crippen molar-refractivity contribution in [3.05, 3.63) is 48.4 Å². The highest BCUT2D eigenvalue weighted by Crippen LogP contribution is 2.22. The van der Waals surface area contributed by atoms with Gasteiger partial charge in [0.15, 0.2) is 23.3 Å². The number of nitrogens with zero attached hydrogens (tertiary/aromatic N) is 3. The lowest BCUT2D eigenvalue weighted by Crippen LogP contribution is -2.06. The minimum atomic E-state index is -1.57. The van der Waals surface area contributed by atoms with E-state index in [0.717, 1.165) is 12.1 Å². The van der Waals surface area contributed by atoms with Gasteiger partial charge in [-0.25, -0.2) is 13.2 Å². The van der Waals surface area contributed by atoms with Crippen LogP contribution in [0.15, 0.2) is 31.0 Å². The monoisotopic (exact) mass is 281 g/mol. The summed E-state index contributed by atoms with van der Waals surface area (Å²) in [6.45, 7) is 3.98. The molecule has 1 aromatic carbocycles. The minimum absolute atomic E-state index is 0.0519. The summed E-state index contributed by atoms with van der Waals surface area (Å²) in [5.41, 5.74) is -0.286. The Kier molecular flexibility index (Phi) is 4.14. The van der Waals surface area contributed by atoms with Crippen LogP contribution in [0.5, 0.6) is 0 Å². The molecule has 0 bridgehead atoms. The molecule has 1 heterocycles.